The van der Waals surface area contributed by atoms with E-state index in [0.29, 0.717) is 27.9 Å². The van der Waals surface area contributed by atoms with Crippen molar-refractivity contribution in [1.82, 2.24) is 15.6 Å². The second-order valence-electron chi connectivity index (χ2n) is 8.98. The van der Waals surface area contributed by atoms with Gasteiger partial charge in [0, 0.05) is 24.0 Å². The lowest BCUT2D eigenvalue weighted by molar-refractivity contribution is -0.155. The van der Waals surface area contributed by atoms with E-state index in [-0.39, 0.29) is 43.5 Å². The fraction of sp³-hybridized carbons (Fsp3) is 0.565. The number of aromatic nitrogens is 1. The molecule has 1 aromatic heterocycles. The SMILES string of the molecule is CC(C)[C@@H]1NC(=O)[C@]2(C)CSC(=N2)c2csc(n2)CNC(=O)C[C@@H](C/C=C\CCC(=O)O)OC1=O. The van der Waals surface area contributed by atoms with Crippen LogP contribution in [0.5, 0.6) is 0 Å². The van der Waals surface area contributed by atoms with Crippen LogP contribution in [-0.2, 0) is 30.5 Å². The highest BCUT2D eigenvalue weighted by Crippen LogP contribution is 2.32. The molecule has 0 aromatic carbocycles. The Morgan fingerprint density at radius 1 is 1.34 bits per heavy atom. The number of carbonyl (C=O) groups excluding carboxylic acids is 3. The van der Waals surface area contributed by atoms with Gasteiger partial charge in [-0.1, -0.05) is 26.0 Å². The number of carboxylic acids is 1. The quantitative estimate of drug-likeness (QED) is 0.381. The molecule has 3 N–H and O–H groups in total. The molecule has 4 bridgehead atoms. The number of hydrogen-bond acceptors (Lipinski definition) is 9. The van der Waals surface area contributed by atoms with Gasteiger partial charge < -0.3 is 20.5 Å². The van der Waals surface area contributed by atoms with Crippen LogP contribution in [0.4, 0.5) is 0 Å². The number of nitrogens with zero attached hydrogens (tertiary/aromatic N) is 2. The Hall–Kier alpha value is -2.73. The largest absolute Gasteiger partial charge is 0.481 e. The van der Waals surface area contributed by atoms with Crippen LogP contribution < -0.4 is 10.6 Å². The molecule has 2 aliphatic rings. The number of ether oxygens (including phenoxy) is 1. The Morgan fingerprint density at radius 3 is 2.83 bits per heavy atom. The zero-order valence-corrected chi connectivity index (χ0v) is 21.5. The molecular weight excluding hydrogens is 492 g/mol. The second-order valence-corrected chi connectivity index (χ2v) is 10.9. The lowest BCUT2D eigenvalue weighted by atomic mass is 10.00. The first kappa shape index (κ1) is 26.9. The predicted octanol–water partition coefficient (Wildman–Crippen LogP) is 2.28. The highest BCUT2D eigenvalue weighted by atomic mass is 32.2. The minimum absolute atomic E-state index is 0.0139. The van der Waals surface area contributed by atoms with E-state index < -0.39 is 29.6 Å². The van der Waals surface area contributed by atoms with Gasteiger partial charge >= 0.3 is 11.9 Å². The van der Waals surface area contributed by atoms with Gasteiger partial charge in [-0.15, -0.1) is 23.1 Å². The van der Waals surface area contributed by atoms with Crippen molar-refractivity contribution in [3.05, 3.63) is 28.2 Å². The first-order valence-electron chi connectivity index (χ1n) is 11.4. The summed E-state index contributed by atoms with van der Waals surface area (Å²) in [4.78, 5) is 58.7. The minimum atomic E-state index is -1.05. The van der Waals surface area contributed by atoms with E-state index in [0.717, 1.165) is 0 Å². The summed E-state index contributed by atoms with van der Waals surface area (Å²) >= 11 is 2.82. The molecular formula is C23H30N4O6S2. The van der Waals surface area contributed by atoms with E-state index >= 15 is 0 Å². The molecule has 0 aliphatic carbocycles. The summed E-state index contributed by atoms with van der Waals surface area (Å²) in [7, 11) is 0. The number of cyclic esters (lactones) is 1. The summed E-state index contributed by atoms with van der Waals surface area (Å²) < 4.78 is 5.68. The van der Waals surface area contributed by atoms with Crippen molar-refractivity contribution in [3.63, 3.8) is 0 Å². The molecule has 0 saturated carbocycles. The Labute approximate surface area is 212 Å². The highest BCUT2D eigenvalue weighted by molar-refractivity contribution is 8.14. The van der Waals surface area contributed by atoms with Gasteiger partial charge in [-0.3, -0.25) is 19.4 Å². The van der Waals surface area contributed by atoms with Crippen molar-refractivity contribution in [1.29, 1.82) is 0 Å². The maximum atomic E-state index is 13.2. The fourth-order valence-corrected chi connectivity index (χ4v) is 5.39. The van der Waals surface area contributed by atoms with Crippen LogP contribution in [0, 0.1) is 5.92 Å². The molecule has 3 heterocycles. The summed E-state index contributed by atoms with van der Waals surface area (Å²) in [5.41, 5.74) is -0.383. The molecule has 2 aliphatic heterocycles. The summed E-state index contributed by atoms with van der Waals surface area (Å²) in [5, 5.41) is 17.6. The van der Waals surface area contributed by atoms with Crippen molar-refractivity contribution < 1.29 is 29.0 Å². The van der Waals surface area contributed by atoms with Gasteiger partial charge in [0.1, 0.15) is 33.4 Å². The molecule has 0 spiro atoms. The molecule has 3 atom stereocenters. The minimum Gasteiger partial charge on any atom is -0.481 e. The van der Waals surface area contributed by atoms with Crippen LogP contribution in [0.15, 0.2) is 22.5 Å². The van der Waals surface area contributed by atoms with Crippen molar-refractivity contribution in [2.45, 2.75) is 70.7 Å². The lowest BCUT2D eigenvalue weighted by Gasteiger charge is -2.27. The first-order chi connectivity index (χ1) is 16.6. The molecule has 12 heteroatoms. The van der Waals surface area contributed by atoms with Gasteiger partial charge in [0.05, 0.1) is 13.0 Å². The Morgan fingerprint density at radius 2 is 2.11 bits per heavy atom. The fourth-order valence-electron chi connectivity index (χ4n) is 3.47. The van der Waals surface area contributed by atoms with Crippen LogP contribution in [0.3, 0.4) is 0 Å². The standard InChI is InChI=1S/C23H30N4O6S2/c1-13(2)19-21(31)33-14(7-5-4-6-8-18(29)30)9-16(28)24-10-17-25-15(11-34-17)20-27-23(3,12-35-20)22(32)26-19/h4-5,11,13-14,19H,6-10,12H2,1-3H3,(H,24,28)(H,26,32)(H,29,30)/b5-4-/t14-,19+,23+/m1/s1. The average Bonchev–Trinajstić information content (AvgIpc) is 3.42. The molecule has 0 unspecified atom stereocenters. The molecule has 0 radical (unpaired) electrons. The number of rotatable bonds is 6. The van der Waals surface area contributed by atoms with Gasteiger partial charge in [0.15, 0.2) is 0 Å². The smallest absolute Gasteiger partial charge is 0.329 e. The van der Waals surface area contributed by atoms with E-state index in [9.17, 15) is 19.2 Å². The number of carbonyl (C=O) groups is 4. The number of hydrogen-bond donors (Lipinski definition) is 3. The molecule has 2 amide bonds. The van der Waals surface area contributed by atoms with Crippen LogP contribution in [0.25, 0.3) is 0 Å². The van der Waals surface area contributed by atoms with E-state index in [1.54, 1.807) is 32.9 Å². The number of aliphatic carboxylic acids is 1. The molecule has 0 saturated heterocycles. The molecule has 190 valence electrons. The zero-order valence-electron chi connectivity index (χ0n) is 19.9. The number of nitrogens with one attached hydrogen (secondary N) is 2. The van der Waals surface area contributed by atoms with Crippen LogP contribution >= 0.6 is 23.1 Å². The number of esters is 1. The predicted molar refractivity (Wildman–Crippen MR) is 133 cm³/mol. The zero-order chi connectivity index (χ0) is 25.6. The third kappa shape index (κ3) is 7.38. The topological polar surface area (TPSA) is 147 Å². The number of amides is 2. The van der Waals surface area contributed by atoms with Crippen molar-refractivity contribution in [2.75, 3.05) is 5.75 Å². The molecule has 0 fully saturated rings. The van der Waals surface area contributed by atoms with E-state index in [1.165, 1.54) is 23.1 Å². The number of carboxylic acid groups (broad SMARTS) is 1. The third-order valence-corrected chi connectivity index (χ3v) is 7.66. The van der Waals surface area contributed by atoms with Gasteiger partial charge in [0.2, 0.25) is 11.8 Å². The van der Waals surface area contributed by atoms with Gasteiger partial charge in [0.25, 0.3) is 0 Å². The maximum absolute atomic E-state index is 13.2. The van der Waals surface area contributed by atoms with Gasteiger partial charge in [-0.2, -0.15) is 0 Å². The number of thioether (sulfide) groups is 1. The molecule has 3 rings (SSSR count). The van der Waals surface area contributed by atoms with Crippen LogP contribution in [-0.4, -0.2) is 62.3 Å². The Bertz CT molecular complexity index is 1040. The summed E-state index contributed by atoms with van der Waals surface area (Å²) in [6, 6.07) is -0.913. The summed E-state index contributed by atoms with van der Waals surface area (Å²) in [6.45, 7) is 5.56. The van der Waals surface area contributed by atoms with Crippen molar-refractivity contribution in [3.8, 4) is 0 Å². The van der Waals surface area contributed by atoms with Gasteiger partial charge in [-0.25, -0.2) is 9.78 Å². The number of allylic oxidation sites excluding steroid dienone is 1. The first-order valence-corrected chi connectivity index (χ1v) is 13.3. The lowest BCUT2D eigenvalue weighted by Crippen LogP contribution is -2.53. The van der Waals surface area contributed by atoms with E-state index in [2.05, 4.69) is 20.6 Å². The maximum Gasteiger partial charge on any atom is 0.329 e. The number of fused-ring (bicyclic) bond motifs is 4. The summed E-state index contributed by atoms with van der Waals surface area (Å²) in [6.07, 6.45) is 3.09. The molecule has 10 nitrogen and oxygen atoms in total. The monoisotopic (exact) mass is 522 g/mol. The normalized spacial score (nSPS) is 25.8. The second kappa shape index (κ2) is 11.8. The summed E-state index contributed by atoms with van der Waals surface area (Å²) in [5.74, 6) is -2.05. The van der Waals surface area contributed by atoms with Gasteiger partial charge in [-0.05, 0) is 19.3 Å². The van der Waals surface area contributed by atoms with E-state index in [1.807, 2.05) is 5.38 Å². The van der Waals surface area contributed by atoms with Crippen molar-refractivity contribution in [2.24, 2.45) is 10.9 Å². The Balaban J connectivity index is 1.84. The van der Waals surface area contributed by atoms with Crippen LogP contribution in [0.1, 0.15) is 57.2 Å². The number of aliphatic imine (C=N–C) groups is 1. The molecule has 35 heavy (non-hydrogen) atoms. The third-order valence-electron chi connectivity index (χ3n) is 5.53. The van der Waals surface area contributed by atoms with Crippen molar-refractivity contribution >= 4 is 51.9 Å². The highest BCUT2D eigenvalue weighted by Gasteiger charge is 2.41. The van der Waals surface area contributed by atoms with E-state index in [4.69, 9.17) is 9.84 Å². The van der Waals surface area contributed by atoms with Crippen LogP contribution in [0.2, 0.25) is 0 Å². The average molecular weight is 523 g/mol. The molecule has 1 aromatic rings. The Kier molecular flexibility index (Phi) is 9.06. The number of thiazole rings is 1.